The highest BCUT2D eigenvalue weighted by Crippen LogP contribution is 2.46. The van der Waals surface area contributed by atoms with Gasteiger partial charge < -0.3 is 9.47 Å². The summed E-state index contributed by atoms with van der Waals surface area (Å²) in [5, 5.41) is 0. The molecule has 2 nitrogen and oxygen atoms in total. The molecule has 0 aromatic carbocycles. The third-order valence-electron chi connectivity index (χ3n) is 3.06. The van der Waals surface area contributed by atoms with Crippen LogP contribution in [0.2, 0.25) is 0 Å². The molecule has 2 fully saturated rings. The number of ether oxygens (including phenoxy) is 2. The second-order valence-electron chi connectivity index (χ2n) is 4.93. The first-order chi connectivity index (χ1) is 5.62. The molecule has 70 valence electrons. The van der Waals surface area contributed by atoms with E-state index in [9.17, 15) is 0 Å². The summed E-state index contributed by atoms with van der Waals surface area (Å²) in [4.78, 5) is 0. The van der Waals surface area contributed by atoms with Gasteiger partial charge in [0.05, 0.1) is 25.4 Å². The lowest BCUT2D eigenvalue weighted by molar-refractivity contribution is -0.156. The average molecular weight is 170 g/mol. The first kappa shape index (κ1) is 8.52. The van der Waals surface area contributed by atoms with Gasteiger partial charge in [0.2, 0.25) is 0 Å². The summed E-state index contributed by atoms with van der Waals surface area (Å²) in [5.74, 6) is 0. The van der Waals surface area contributed by atoms with E-state index >= 15 is 0 Å². The molecule has 1 saturated heterocycles. The van der Waals surface area contributed by atoms with Crippen molar-refractivity contribution in [1.29, 1.82) is 0 Å². The van der Waals surface area contributed by atoms with Gasteiger partial charge in [-0.15, -0.1) is 0 Å². The summed E-state index contributed by atoms with van der Waals surface area (Å²) in [6.07, 6.45) is 3.62. The molecule has 1 aliphatic carbocycles. The van der Waals surface area contributed by atoms with Gasteiger partial charge in [-0.3, -0.25) is 0 Å². The van der Waals surface area contributed by atoms with Gasteiger partial charge in [-0.25, -0.2) is 0 Å². The Hall–Kier alpha value is -0.0800. The smallest absolute Gasteiger partial charge is 0.0921 e. The van der Waals surface area contributed by atoms with Crippen LogP contribution in [0.4, 0.5) is 0 Å². The fourth-order valence-corrected chi connectivity index (χ4v) is 2.48. The lowest BCUT2D eigenvalue weighted by atomic mass is 9.89. The van der Waals surface area contributed by atoms with Crippen LogP contribution in [0.25, 0.3) is 0 Å². The highest BCUT2D eigenvalue weighted by molar-refractivity contribution is 4.96. The van der Waals surface area contributed by atoms with E-state index in [4.69, 9.17) is 9.47 Å². The molecule has 1 saturated carbocycles. The quantitative estimate of drug-likeness (QED) is 0.553. The molecule has 2 heteroatoms. The number of hydrogen-bond acceptors (Lipinski definition) is 2. The summed E-state index contributed by atoms with van der Waals surface area (Å²) < 4.78 is 11.3. The van der Waals surface area contributed by atoms with Crippen LogP contribution in [0.1, 0.15) is 33.1 Å². The third kappa shape index (κ3) is 1.50. The summed E-state index contributed by atoms with van der Waals surface area (Å²) in [7, 11) is 0. The predicted octanol–water partition coefficient (Wildman–Crippen LogP) is 1.98. The molecule has 2 aliphatic rings. The van der Waals surface area contributed by atoms with Gasteiger partial charge in [0, 0.05) is 0 Å². The molecule has 1 heterocycles. The molecule has 0 radical (unpaired) electrons. The zero-order valence-corrected chi connectivity index (χ0v) is 8.06. The Morgan fingerprint density at radius 3 is 2.42 bits per heavy atom. The molecule has 0 N–H and O–H groups in total. The van der Waals surface area contributed by atoms with Crippen LogP contribution in [0.3, 0.4) is 0 Å². The van der Waals surface area contributed by atoms with Gasteiger partial charge in [-0.1, -0.05) is 13.8 Å². The van der Waals surface area contributed by atoms with E-state index in [2.05, 4.69) is 13.8 Å². The monoisotopic (exact) mass is 170 g/mol. The van der Waals surface area contributed by atoms with Crippen LogP contribution < -0.4 is 0 Å². The molecule has 0 aromatic rings. The average Bonchev–Trinajstić information content (AvgIpc) is 2.29. The van der Waals surface area contributed by atoms with Crippen molar-refractivity contribution >= 4 is 0 Å². The minimum absolute atomic E-state index is 0.0851. The maximum Gasteiger partial charge on any atom is 0.0921 e. The van der Waals surface area contributed by atoms with Crippen molar-refractivity contribution in [3.8, 4) is 0 Å². The van der Waals surface area contributed by atoms with Crippen LogP contribution in [0.5, 0.6) is 0 Å². The Morgan fingerprint density at radius 1 is 1.08 bits per heavy atom. The van der Waals surface area contributed by atoms with Crippen molar-refractivity contribution in [2.24, 2.45) is 5.41 Å². The molecule has 0 amide bonds. The lowest BCUT2D eigenvalue weighted by Gasteiger charge is -2.34. The van der Waals surface area contributed by atoms with Gasteiger partial charge in [-0.05, 0) is 24.7 Å². The molecule has 1 aliphatic heterocycles. The third-order valence-corrected chi connectivity index (χ3v) is 3.06. The number of hydrogen-bond donors (Lipinski definition) is 0. The van der Waals surface area contributed by atoms with Crippen molar-refractivity contribution in [2.75, 3.05) is 19.8 Å². The Kier molecular flexibility index (Phi) is 1.92. The fraction of sp³-hybridized carbons (Fsp3) is 1.00. The van der Waals surface area contributed by atoms with Crippen LogP contribution in [-0.4, -0.2) is 25.4 Å². The number of rotatable bonds is 0. The molecular weight excluding hydrogens is 152 g/mol. The highest BCUT2D eigenvalue weighted by atomic mass is 16.6. The van der Waals surface area contributed by atoms with Gasteiger partial charge in [-0.2, -0.15) is 0 Å². The topological polar surface area (TPSA) is 18.5 Å². The van der Waals surface area contributed by atoms with Crippen molar-refractivity contribution < 1.29 is 9.47 Å². The normalized spacial score (nSPS) is 40.5. The van der Waals surface area contributed by atoms with E-state index < -0.39 is 0 Å². The first-order valence-corrected chi connectivity index (χ1v) is 4.84. The fourth-order valence-electron chi connectivity index (χ4n) is 2.48. The van der Waals surface area contributed by atoms with Gasteiger partial charge in [0.25, 0.3) is 0 Å². The summed E-state index contributed by atoms with van der Waals surface area (Å²) in [5.41, 5.74) is 0.544. The predicted molar refractivity (Wildman–Crippen MR) is 47.1 cm³/mol. The minimum atomic E-state index is 0.0851. The molecule has 1 spiro atoms. The van der Waals surface area contributed by atoms with Gasteiger partial charge in [0.15, 0.2) is 0 Å². The summed E-state index contributed by atoms with van der Waals surface area (Å²) in [6.45, 7) is 7.02. The molecule has 12 heavy (non-hydrogen) atoms. The molecule has 0 bridgehead atoms. The Balaban J connectivity index is 2.03. The maximum atomic E-state index is 5.84. The van der Waals surface area contributed by atoms with Crippen LogP contribution in [0, 0.1) is 5.41 Å². The Labute approximate surface area is 74.2 Å². The second kappa shape index (κ2) is 2.71. The lowest BCUT2D eigenvalue weighted by Crippen LogP contribution is -2.41. The zero-order chi connectivity index (χ0) is 8.66. The first-order valence-electron chi connectivity index (χ1n) is 4.84. The van der Waals surface area contributed by atoms with E-state index in [0.717, 1.165) is 19.8 Å². The zero-order valence-electron chi connectivity index (χ0n) is 8.06. The van der Waals surface area contributed by atoms with E-state index in [-0.39, 0.29) is 5.60 Å². The molecular formula is C10H18O2. The van der Waals surface area contributed by atoms with E-state index in [0.29, 0.717) is 5.41 Å². The van der Waals surface area contributed by atoms with Crippen molar-refractivity contribution in [2.45, 2.75) is 38.7 Å². The molecule has 0 aromatic heterocycles. The van der Waals surface area contributed by atoms with Crippen LogP contribution >= 0.6 is 0 Å². The Bertz CT molecular complexity index is 169. The minimum Gasteiger partial charge on any atom is -0.376 e. The molecule has 1 unspecified atom stereocenters. The SMILES string of the molecule is CC1(C)CCC2(COCCO2)C1. The molecule has 2 rings (SSSR count). The van der Waals surface area contributed by atoms with Crippen LogP contribution in [-0.2, 0) is 9.47 Å². The standard InChI is InChI=1S/C10H18O2/c1-9(2)3-4-10(7-9)8-11-5-6-12-10/h3-8H2,1-2H3. The van der Waals surface area contributed by atoms with Crippen LogP contribution in [0.15, 0.2) is 0 Å². The maximum absolute atomic E-state index is 5.84. The highest BCUT2D eigenvalue weighted by Gasteiger charge is 2.45. The van der Waals surface area contributed by atoms with Gasteiger partial charge >= 0.3 is 0 Å². The van der Waals surface area contributed by atoms with Crippen molar-refractivity contribution in [3.63, 3.8) is 0 Å². The van der Waals surface area contributed by atoms with E-state index in [1.54, 1.807) is 0 Å². The second-order valence-corrected chi connectivity index (χ2v) is 4.93. The molecule has 1 atom stereocenters. The van der Waals surface area contributed by atoms with Crippen molar-refractivity contribution in [3.05, 3.63) is 0 Å². The summed E-state index contributed by atoms with van der Waals surface area (Å²) in [6, 6.07) is 0. The van der Waals surface area contributed by atoms with Crippen molar-refractivity contribution in [1.82, 2.24) is 0 Å². The van der Waals surface area contributed by atoms with E-state index in [1.165, 1.54) is 19.3 Å². The largest absolute Gasteiger partial charge is 0.376 e. The summed E-state index contributed by atoms with van der Waals surface area (Å²) >= 11 is 0. The van der Waals surface area contributed by atoms with E-state index in [1.807, 2.05) is 0 Å². The Morgan fingerprint density at radius 2 is 1.92 bits per heavy atom. The van der Waals surface area contributed by atoms with Gasteiger partial charge in [0.1, 0.15) is 0 Å².